The summed E-state index contributed by atoms with van der Waals surface area (Å²) in [5.74, 6) is 0.796. The molecule has 31 heavy (non-hydrogen) atoms. The van der Waals surface area contributed by atoms with E-state index in [9.17, 15) is 4.39 Å². The first-order chi connectivity index (χ1) is 14.9. The first-order valence-electron chi connectivity index (χ1n) is 10.3. The average Bonchev–Trinajstić information content (AvgIpc) is 2.75. The molecular formula is C25H23Cl3FNO. The Morgan fingerprint density at radius 2 is 1.68 bits per heavy atom. The molecule has 0 aliphatic carbocycles. The molecule has 1 saturated heterocycles. The average molecular weight is 479 g/mol. The van der Waals surface area contributed by atoms with E-state index in [0.29, 0.717) is 38.9 Å². The molecule has 2 unspecified atom stereocenters. The van der Waals surface area contributed by atoms with Gasteiger partial charge in [0.1, 0.15) is 11.6 Å². The highest BCUT2D eigenvalue weighted by molar-refractivity contribution is 6.35. The first kappa shape index (κ1) is 22.3. The molecule has 0 amide bonds. The molecule has 3 aromatic carbocycles. The monoisotopic (exact) mass is 477 g/mol. The lowest BCUT2D eigenvalue weighted by atomic mass is 9.88. The molecule has 0 bridgehead atoms. The third kappa shape index (κ3) is 5.28. The Morgan fingerprint density at radius 1 is 0.935 bits per heavy atom. The largest absolute Gasteiger partial charge is 0.493 e. The van der Waals surface area contributed by atoms with E-state index >= 15 is 0 Å². The van der Waals surface area contributed by atoms with Gasteiger partial charge in [0.15, 0.2) is 0 Å². The predicted octanol–water partition coefficient (Wildman–Crippen LogP) is 8.13. The van der Waals surface area contributed by atoms with Gasteiger partial charge in [-0.25, -0.2) is 4.39 Å². The molecule has 1 heterocycles. The number of benzene rings is 3. The van der Waals surface area contributed by atoms with Gasteiger partial charge in [-0.2, -0.15) is 0 Å². The van der Waals surface area contributed by atoms with Crippen LogP contribution in [0.3, 0.4) is 0 Å². The molecule has 3 aromatic rings. The molecule has 6 heteroatoms. The van der Waals surface area contributed by atoms with E-state index in [1.807, 2.05) is 36.4 Å². The highest BCUT2D eigenvalue weighted by Crippen LogP contribution is 2.40. The van der Waals surface area contributed by atoms with Crippen molar-refractivity contribution in [3.8, 4) is 5.75 Å². The van der Waals surface area contributed by atoms with Crippen molar-refractivity contribution < 1.29 is 9.13 Å². The van der Waals surface area contributed by atoms with Crippen molar-refractivity contribution >= 4 is 40.5 Å². The van der Waals surface area contributed by atoms with Crippen LogP contribution in [0.15, 0.2) is 60.7 Å². The summed E-state index contributed by atoms with van der Waals surface area (Å²) in [4.78, 5) is 2.36. The fourth-order valence-electron chi connectivity index (χ4n) is 4.12. The normalized spacial score (nSPS) is 18.8. The van der Waals surface area contributed by atoms with E-state index in [2.05, 4.69) is 4.90 Å². The molecule has 162 valence electrons. The molecule has 1 aliphatic rings. The molecule has 4 rings (SSSR count). The molecule has 2 atom stereocenters. The third-order valence-corrected chi connectivity index (χ3v) is 6.59. The summed E-state index contributed by atoms with van der Waals surface area (Å²) >= 11 is 18.8. The van der Waals surface area contributed by atoms with Crippen LogP contribution in [0.1, 0.15) is 30.0 Å². The number of aryl methyl sites for hydroxylation is 1. The fraction of sp³-hybridized carbons (Fsp3) is 0.280. The van der Waals surface area contributed by atoms with Gasteiger partial charge in [0, 0.05) is 33.2 Å². The molecule has 0 N–H and O–H groups in total. The van der Waals surface area contributed by atoms with Crippen LogP contribution in [-0.4, -0.2) is 13.2 Å². The zero-order valence-electron chi connectivity index (χ0n) is 17.1. The molecule has 0 spiro atoms. The summed E-state index contributed by atoms with van der Waals surface area (Å²) in [6.45, 7) is 3.12. The Labute approximate surface area is 197 Å². The van der Waals surface area contributed by atoms with Gasteiger partial charge in [-0.3, -0.25) is 0 Å². The van der Waals surface area contributed by atoms with Crippen molar-refractivity contribution in [2.75, 3.05) is 18.1 Å². The maximum absolute atomic E-state index is 13.5. The van der Waals surface area contributed by atoms with Crippen LogP contribution in [0, 0.1) is 18.7 Å². The molecule has 0 aromatic heterocycles. The number of nitrogens with zero attached hydrogens (tertiary/aromatic N) is 1. The highest BCUT2D eigenvalue weighted by Gasteiger charge is 2.31. The van der Waals surface area contributed by atoms with Crippen LogP contribution in [-0.2, 0) is 0 Å². The maximum atomic E-state index is 13.5. The number of hydrogen-bond acceptors (Lipinski definition) is 2. The molecule has 1 aliphatic heterocycles. The van der Waals surface area contributed by atoms with E-state index < -0.39 is 0 Å². The molecular weight excluding hydrogens is 456 g/mol. The van der Waals surface area contributed by atoms with Crippen LogP contribution in [0.4, 0.5) is 10.1 Å². The van der Waals surface area contributed by atoms with Gasteiger partial charge < -0.3 is 9.64 Å². The summed E-state index contributed by atoms with van der Waals surface area (Å²) in [7, 11) is 0. The Kier molecular flexibility index (Phi) is 6.95. The lowest BCUT2D eigenvalue weighted by Gasteiger charge is -2.42. The van der Waals surface area contributed by atoms with Crippen molar-refractivity contribution in [2.24, 2.45) is 5.92 Å². The van der Waals surface area contributed by atoms with Crippen LogP contribution < -0.4 is 9.64 Å². The van der Waals surface area contributed by atoms with Gasteiger partial charge >= 0.3 is 0 Å². The number of rotatable bonds is 5. The van der Waals surface area contributed by atoms with E-state index in [0.717, 1.165) is 30.6 Å². The summed E-state index contributed by atoms with van der Waals surface area (Å²) in [5.41, 5.74) is 2.73. The van der Waals surface area contributed by atoms with Gasteiger partial charge in [0.25, 0.3) is 0 Å². The van der Waals surface area contributed by atoms with Gasteiger partial charge in [0.05, 0.1) is 12.6 Å². The molecule has 1 fully saturated rings. The Morgan fingerprint density at radius 3 is 2.39 bits per heavy atom. The standard InChI is InChI=1S/C25H23Cl3FNO/c1-16-12-21(8-10-24(16)29)31-15-17-2-11-25(22-9-5-19(27)13-23(22)28)30(14-17)20-6-3-18(26)4-7-20/h3-10,12-13,17,25H,2,11,14-15H2,1H3. The van der Waals surface area contributed by atoms with E-state index in [1.165, 1.54) is 6.07 Å². The van der Waals surface area contributed by atoms with Crippen LogP contribution in [0.25, 0.3) is 0 Å². The zero-order valence-corrected chi connectivity index (χ0v) is 19.4. The second-order valence-corrected chi connectivity index (χ2v) is 9.26. The van der Waals surface area contributed by atoms with Crippen molar-refractivity contribution in [3.63, 3.8) is 0 Å². The lowest BCUT2D eigenvalue weighted by molar-refractivity contribution is 0.216. The molecule has 2 nitrogen and oxygen atoms in total. The number of hydrogen-bond donors (Lipinski definition) is 0. The second-order valence-electron chi connectivity index (χ2n) is 7.98. The van der Waals surface area contributed by atoms with Crippen molar-refractivity contribution in [1.29, 1.82) is 0 Å². The van der Waals surface area contributed by atoms with Crippen LogP contribution in [0.2, 0.25) is 15.1 Å². The minimum Gasteiger partial charge on any atom is -0.493 e. The number of ether oxygens (including phenoxy) is 1. The van der Waals surface area contributed by atoms with E-state index in [4.69, 9.17) is 39.5 Å². The SMILES string of the molecule is Cc1cc(OCC2CCC(c3ccc(Cl)cc3Cl)N(c3ccc(Cl)cc3)C2)ccc1F. The van der Waals surface area contributed by atoms with E-state index in [1.54, 1.807) is 25.1 Å². The smallest absolute Gasteiger partial charge is 0.126 e. The van der Waals surface area contributed by atoms with Crippen molar-refractivity contribution in [1.82, 2.24) is 0 Å². The Hall–Kier alpha value is -1.94. The van der Waals surface area contributed by atoms with E-state index in [-0.39, 0.29) is 11.9 Å². The number of piperidine rings is 1. The summed E-state index contributed by atoms with van der Waals surface area (Å²) in [5, 5.41) is 2.00. The summed E-state index contributed by atoms with van der Waals surface area (Å²) in [6.07, 6.45) is 1.92. The number of halogens is 4. The first-order valence-corrected chi connectivity index (χ1v) is 11.4. The fourth-order valence-corrected chi connectivity index (χ4v) is 4.78. The summed E-state index contributed by atoms with van der Waals surface area (Å²) < 4.78 is 19.5. The summed E-state index contributed by atoms with van der Waals surface area (Å²) in [6, 6.07) is 18.6. The molecule has 0 radical (unpaired) electrons. The molecule has 0 saturated carbocycles. The second kappa shape index (κ2) is 9.68. The van der Waals surface area contributed by atoms with Crippen LogP contribution >= 0.6 is 34.8 Å². The van der Waals surface area contributed by atoms with Crippen molar-refractivity contribution in [3.05, 3.63) is 92.7 Å². The topological polar surface area (TPSA) is 12.5 Å². The van der Waals surface area contributed by atoms with Crippen molar-refractivity contribution in [2.45, 2.75) is 25.8 Å². The minimum atomic E-state index is -0.221. The zero-order chi connectivity index (χ0) is 22.0. The lowest BCUT2D eigenvalue weighted by Crippen LogP contribution is -2.40. The maximum Gasteiger partial charge on any atom is 0.126 e. The Bertz CT molecular complexity index is 1060. The Balaban J connectivity index is 1.55. The quantitative estimate of drug-likeness (QED) is 0.367. The van der Waals surface area contributed by atoms with Gasteiger partial charge in [-0.1, -0.05) is 40.9 Å². The predicted molar refractivity (Wildman–Crippen MR) is 127 cm³/mol. The van der Waals surface area contributed by atoms with Gasteiger partial charge in [0.2, 0.25) is 0 Å². The minimum absolute atomic E-state index is 0.134. The van der Waals surface area contributed by atoms with Crippen LogP contribution in [0.5, 0.6) is 5.75 Å². The van der Waals surface area contributed by atoms with Gasteiger partial charge in [-0.05, 0) is 85.5 Å². The third-order valence-electron chi connectivity index (χ3n) is 5.77. The number of anilines is 1. The van der Waals surface area contributed by atoms with Gasteiger partial charge in [-0.15, -0.1) is 0 Å². The highest BCUT2D eigenvalue weighted by atomic mass is 35.5.